The van der Waals surface area contributed by atoms with E-state index in [0.29, 0.717) is 22.0 Å². The van der Waals surface area contributed by atoms with E-state index in [-0.39, 0.29) is 0 Å². The summed E-state index contributed by atoms with van der Waals surface area (Å²) in [6, 6.07) is 11.6. The second-order valence-electron chi connectivity index (χ2n) is 4.64. The molecule has 2 aromatic rings. The molecule has 2 rings (SSSR count). The van der Waals surface area contributed by atoms with Crippen molar-refractivity contribution in [2.24, 2.45) is 0 Å². The maximum atomic E-state index is 11.6. The van der Waals surface area contributed by atoms with Crippen molar-refractivity contribution in [2.75, 3.05) is 12.4 Å². The molecule has 0 saturated heterocycles. The third-order valence-electron chi connectivity index (χ3n) is 3.10. The molecule has 0 aromatic heterocycles. The van der Waals surface area contributed by atoms with Crippen LogP contribution >= 0.6 is 11.6 Å². The van der Waals surface area contributed by atoms with Crippen LogP contribution in [0.1, 0.15) is 17.2 Å². The van der Waals surface area contributed by atoms with E-state index in [9.17, 15) is 9.90 Å². The summed E-state index contributed by atoms with van der Waals surface area (Å²) < 4.78 is 5.23. The van der Waals surface area contributed by atoms with Crippen LogP contribution in [0.4, 0.5) is 5.69 Å². The zero-order valence-corrected chi connectivity index (χ0v) is 12.5. The molecule has 1 unspecified atom stereocenters. The zero-order chi connectivity index (χ0) is 15.4. The Morgan fingerprint density at radius 1 is 1.29 bits per heavy atom. The largest absolute Gasteiger partial charge is 0.496 e. The third kappa shape index (κ3) is 3.47. The minimum absolute atomic E-state index is 0.349. The number of carboxylic acid groups (broad SMARTS) is 1. The van der Waals surface area contributed by atoms with Crippen LogP contribution in [0.15, 0.2) is 42.5 Å². The summed E-state index contributed by atoms with van der Waals surface area (Å²) in [5.41, 5.74) is 2.16. The Kier molecular flexibility index (Phi) is 4.70. The Morgan fingerprint density at radius 2 is 2.00 bits per heavy atom. The van der Waals surface area contributed by atoms with Crippen LogP contribution in [0.3, 0.4) is 0 Å². The van der Waals surface area contributed by atoms with Gasteiger partial charge in [0.15, 0.2) is 6.04 Å². The summed E-state index contributed by atoms with van der Waals surface area (Å²) in [6.45, 7) is 1.94. The highest BCUT2D eigenvalue weighted by Crippen LogP contribution is 2.34. The molecular weight excluding hydrogens is 290 g/mol. The van der Waals surface area contributed by atoms with E-state index in [4.69, 9.17) is 16.3 Å². The van der Waals surface area contributed by atoms with E-state index in [1.54, 1.807) is 18.2 Å². The first-order valence-electron chi connectivity index (χ1n) is 6.41. The molecule has 0 aliphatic heterocycles. The number of nitrogens with one attached hydrogen (secondary N) is 1. The lowest BCUT2D eigenvalue weighted by atomic mass is 10.0. The molecule has 0 heterocycles. The van der Waals surface area contributed by atoms with E-state index in [0.717, 1.165) is 5.56 Å². The van der Waals surface area contributed by atoms with Gasteiger partial charge in [0.25, 0.3) is 0 Å². The second kappa shape index (κ2) is 6.50. The van der Waals surface area contributed by atoms with E-state index in [2.05, 4.69) is 5.32 Å². The first kappa shape index (κ1) is 15.2. The molecule has 0 saturated carbocycles. The first-order valence-corrected chi connectivity index (χ1v) is 6.79. The predicted molar refractivity (Wildman–Crippen MR) is 83.2 cm³/mol. The lowest BCUT2D eigenvalue weighted by Gasteiger charge is -2.20. The zero-order valence-electron chi connectivity index (χ0n) is 11.8. The van der Waals surface area contributed by atoms with E-state index >= 15 is 0 Å². The van der Waals surface area contributed by atoms with Crippen LogP contribution in [0.5, 0.6) is 5.75 Å². The number of carboxylic acids is 1. The summed E-state index contributed by atoms with van der Waals surface area (Å²) in [5, 5.41) is 12.9. The molecule has 4 nitrogen and oxygen atoms in total. The van der Waals surface area contributed by atoms with Crippen molar-refractivity contribution >= 4 is 23.3 Å². The molecule has 0 fully saturated rings. The van der Waals surface area contributed by atoms with Gasteiger partial charge >= 0.3 is 5.97 Å². The fourth-order valence-electron chi connectivity index (χ4n) is 2.13. The number of ether oxygens (including phenoxy) is 1. The number of hydrogen-bond donors (Lipinski definition) is 2. The standard InChI is InChI=1S/C16H16ClNO3/c1-10-5-3-6-11(9-10)18-15(16(19)20)14-12(17)7-4-8-13(14)21-2/h3-9,15,18H,1-2H3,(H,19,20). The summed E-state index contributed by atoms with van der Waals surface area (Å²) in [6.07, 6.45) is 0. The number of halogens is 1. The van der Waals surface area contributed by atoms with Crippen molar-refractivity contribution in [2.45, 2.75) is 13.0 Å². The van der Waals surface area contributed by atoms with E-state index in [1.165, 1.54) is 7.11 Å². The van der Waals surface area contributed by atoms with Crippen molar-refractivity contribution in [3.05, 3.63) is 58.6 Å². The van der Waals surface area contributed by atoms with Crippen LogP contribution in [0.2, 0.25) is 5.02 Å². The predicted octanol–water partition coefficient (Wildman–Crippen LogP) is 3.89. The number of aryl methyl sites for hydroxylation is 1. The smallest absolute Gasteiger partial charge is 0.331 e. The molecule has 0 aliphatic rings. The van der Waals surface area contributed by atoms with Crippen molar-refractivity contribution < 1.29 is 14.6 Å². The Balaban J connectivity index is 2.43. The normalized spacial score (nSPS) is 11.8. The molecule has 21 heavy (non-hydrogen) atoms. The van der Waals surface area contributed by atoms with Crippen LogP contribution in [0.25, 0.3) is 0 Å². The molecule has 0 aliphatic carbocycles. The number of benzene rings is 2. The van der Waals surface area contributed by atoms with Gasteiger partial charge in [0.05, 0.1) is 12.1 Å². The topological polar surface area (TPSA) is 58.6 Å². The van der Waals surface area contributed by atoms with E-state index in [1.807, 2.05) is 31.2 Å². The van der Waals surface area contributed by atoms with Gasteiger partial charge in [0, 0.05) is 11.3 Å². The number of aliphatic carboxylic acids is 1. The number of carbonyl (C=O) groups is 1. The van der Waals surface area contributed by atoms with Crippen molar-refractivity contribution in [1.82, 2.24) is 0 Å². The van der Waals surface area contributed by atoms with Gasteiger partial charge in [-0.15, -0.1) is 0 Å². The lowest BCUT2D eigenvalue weighted by molar-refractivity contribution is -0.138. The average Bonchev–Trinajstić information content (AvgIpc) is 2.45. The molecule has 0 amide bonds. The molecule has 0 radical (unpaired) electrons. The van der Waals surface area contributed by atoms with Crippen LogP contribution < -0.4 is 10.1 Å². The summed E-state index contributed by atoms with van der Waals surface area (Å²) in [4.78, 5) is 11.6. The number of anilines is 1. The van der Waals surface area contributed by atoms with Gasteiger partial charge in [0.1, 0.15) is 5.75 Å². The van der Waals surface area contributed by atoms with Gasteiger partial charge < -0.3 is 15.2 Å². The fourth-order valence-corrected chi connectivity index (χ4v) is 2.41. The molecule has 0 bridgehead atoms. The lowest BCUT2D eigenvalue weighted by Crippen LogP contribution is -2.21. The highest BCUT2D eigenvalue weighted by atomic mass is 35.5. The maximum absolute atomic E-state index is 11.6. The third-order valence-corrected chi connectivity index (χ3v) is 3.43. The van der Waals surface area contributed by atoms with Crippen molar-refractivity contribution in [1.29, 1.82) is 0 Å². The molecule has 2 aromatic carbocycles. The molecule has 0 spiro atoms. The van der Waals surface area contributed by atoms with Crippen LogP contribution in [-0.2, 0) is 4.79 Å². The average molecular weight is 306 g/mol. The highest BCUT2D eigenvalue weighted by molar-refractivity contribution is 6.31. The molecule has 110 valence electrons. The second-order valence-corrected chi connectivity index (χ2v) is 5.05. The van der Waals surface area contributed by atoms with Gasteiger partial charge in [0.2, 0.25) is 0 Å². The Labute approximate surface area is 128 Å². The monoisotopic (exact) mass is 305 g/mol. The van der Waals surface area contributed by atoms with Gasteiger partial charge in [-0.3, -0.25) is 0 Å². The van der Waals surface area contributed by atoms with Gasteiger partial charge in [-0.05, 0) is 36.8 Å². The Bertz CT molecular complexity index is 658. The summed E-state index contributed by atoms with van der Waals surface area (Å²) in [7, 11) is 1.49. The summed E-state index contributed by atoms with van der Waals surface area (Å²) >= 11 is 6.16. The minimum Gasteiger partial charge on any atom is -0.496 e. The summed E-state index contributed by atoms with van der Waals surface area (Å²) in [5.74, 6) is -0.585. The van der Waals surface area contributed by atoms with E-state index < -0.39 is 12.0 Å². The molecule has 5 heteroatoms. The SMILES string of the molecule is COc1cccc(Cl)c1C(Nc1cccc(C)c1)C(=O)O. The molecule has 1 atom stereocenters. The molecular formula is C16H16ClNO3. The maximum Gasteiger partial charge on any atom is 0.331 e. The molecule has 2 N–H and O–H groups in total. The van der Waals surface area contributed by atoms with Gasteiger partial charge in [-0.1, -0.05) is 29.8 Å². The Hall–Kier alpha value is -2.20. The minimum atomic E-state index is -1.03. The van der Waals surface area contributed by atoms with Crippen LogP contribution in [-0.4, -0.2) is 18.2 Å². The van der Waals surface area contributed by atoms with Crippen molar-refractivity contribution in [3.63, 3.8) is 0 Å². The number of hydrogen-bond acceptors (Lipinski definition) is 3. The highest BCUT2D eigenvalue weighted by Gasteiger charge is 2.26. The van der Waals surface area contributed by atoms with Crippen molar-refractivity contribution in [3.8, 4) is 5.75 Å². The number of rotatable bonds is 5. The Morgan fingerprint density at radius 3 is 2.62 bits per heavy atom. The fraction of sp³-hybridized carbons (Fsp3) is 0.188. The quantitative estimate of drug-likeness (QED) is 0.879. The van der Waals surface area contributed by atoms with Gasteiger partial charge in [-0.25, -0.2) is 4.79 Å². The van der Waals surface area contributed by atoms with Crippen LogP contribution in [0, 0.1) is 6.92 Å². The number of methoxy groups -OCH3 is 1. The first-order chi connectivity index (χ1) is 10.0. The van der Waals surface area contributed by atoms with Gasteiger partial charge in [-0.2, -0.15) is 0 Å².